The molecule has 1 saturated heterocycles. The third-order valence-corrected chi connectivity index (χ3v) is 3.76. The van der Waals surface area contributed by atoms with Crippen molar-refractivity contribution in [3.05, 3.63) is 29.3 Å². The van der Waals surface area contributed by atoms with Crippen molar-refractivity contribution in [3.63, 3.8) is 0 Å². The molecule has 1 atom stereocenters. The van der Waals surface area contributed by atoms with Gasteiger partial charge in [-0.1, -0.05) is 37.1 Å². The van der Waals surface area contributed by atoms with Crippen LogP contribution in [-0.2, 0) is 0 Å². The minimum Gasteiger partial charge on any atom is -0.474 e. The van der Waals surface area contributed by atoms with E-state index >= 15 is 0 Å². The van der Waals surface area contributed by atoms with E-state index in [2.05, 4.69) is 11.8 Å². The average molecular weight is 268 g/mol. The van der Waals surface area contributed by atoms with Gasteiger partial charge in [-0.2, -0.15) is 0 Å². The van der Waals surface area contributed by atoms with Gasteiger partial charge >= 0.3 is 0 Å². The molecule has 0 spiro atoms. The van der Waals surface area contributed by atoms with Gasteiger partial charge in [-0.25, -0.2) is 0 Å². The fourth-order valence-electron chi connectivity index (χ4n) is 2.41. The summed E-state index contributed by atoms with van der Waals surface area (Å²) < 4.78 is 6.13. The number of hydrogen-bond donors (Lipinski definition) is 0. The molecule has 0 aromatic heterocycles. The molecule has 1 aromatic carbocycles. The SMILES string of the molecule is CCCCC(Oc1ccccc1Cl)N1CCCC1. The monoisotopic (exact) mass is 267 g/mol. The number of likely N-dealkylation sites (tertiary alicyclic amines) is 1. The topological polar surface area (TPSA) is 12.5 Å². The first-order chi connectivity index (χ1) is 8.81. The smallest absolute Gasteiger partial charge is 0.152 e. The van der Waals surface area contributed by atoms with Gasteiger partial charge in [0.15, 0.2) is 6.23 Å². The van der Waals surface area contributed by atoms with Crippen molar-refractivity contribution in [2.75, 3.05) is 13.1 Å². The van der Waals surface area contributed by atoms with E-state index in [9.17, 15) is 0 Å². The van der Waals surface area contributed by atoms with Gasteiger partial charge in [0.2, 0.25) is 0 Å². The summed E-state index contributed by atoms with van der Waals surface area (Å²) in [5.41, 5.74) is 0. The normalized spacial score (nSPS) is 17.9. The Morgan fingerprint density at radius 1 is 1.28 bits per heavy atom. The minimum absolute atomic E-state index is 0.187. The summed E-state index contributed by atoms with van der Waals surface area (Å²) in [6.45, 7) is 4.52. The Morgan fingerprint density at radius 3 is 2.67 bits per heavy atom. The third kappa shape index (κ3) is 3.63. The molecule has 1 fully saturated rings. The van der Waals surface area contributed by atoms with Crippen LogP contribution in [0.1, 0.15) is 39.0 Å². The number of para-hydroxylation sites is 1. The highest BCUT2D eigenvalue weighted by Crippen LogP contribution is 2.27. The molecule has 2 rings (SSSR count). The van der Waals surface area contributed by atoms with E-state index in [1.165, 1.54) is 25.7 Å². The molecule has 0 saturated carbocycles. The summed E-state index contributed by atoms with van der Waals surface area (Å²) in [6, 6.07) is 7.75. The van der Waals surface area contributed by atoms with Crippen LogP contribution in [0.25, 0.3) is 0 Å². The van der Waals surface area contributed by atoms with E-state index < -0.39 is 0 Å². The summed E-state index contributed by atoms with van der Waals surface area (Å²) in [5, 5.41) is 0.707. The van der Waals surface area contributed by atoms with Crippen LogP contribution in [0, 0.1) is 0 Å². The maximum atomic E-state index is 6.17. The van der Waals surface area contributed by atoms with Crippen LogP contribution in [0.2, 0.25) is 5.02 Å². The molecule has 100 valence electrons. The standard InChI is InChI=1S/C15H22ClNO/c1-2-3-10-15(17-11-6-7-12-17)18-14-9-5-4-8-13(14)16/h4-5,8-9,15H,2-3,6-7,10-12H2,1H3. The Hall–Kier alpha value is -0.730. The Bertz CT molecular complexity index is 363. The Balaban J connectivity index is 2.02. The largest absolute Gasteiger partial charge is 0.474 e. The second-order valence-corrected chi connectivity index (χ2v) is 5.30. The highest BCUT2D eigenvalue weighted by Gasteiger charge is 2.23. The maximum absolute atomic E-state index is 6.17. The summed E-state index contributed by atoms with van der Waals surface area (Å²) in [4.78, 5) is 2.44. The summed E-state index contributed by atoms with van der Waals surface area (Å²) in [5.74, 6) is 0.812. The Morgan fingerprint density at radius 2 is 2.00 bits per heavy atom. The maximum Gasteiger partial charge on any atom is 0.152 e. The van der Waals surface area contributed by atoms with Gasteiger partial charge in [-0.05, 0) is 37.8 Å². The molecule has 1 heterocycles. The zero-order chi connectivity index (χ0) is 12.8. The van der Waals surface area contributed by atoms with Crippen LogP contribution in [0.5, 0.6) is 5.75 Å². The zero-order valence-electron chi connectivity index (χ0n) is 11.1. The Kier molecular flexibility index (Phi) is 5.33. The van der Waals surface area contributed by atoms with E-state index in [4.69, 9.17) is 16.3 Å². The van der Waals surface area contributed by atoms with E-state index in [0.717, 1.165) is 25.3 Å². The van der Waals surface area contributed by atoms with Crippen LogP contribution in [0.3, 0.4) is 0 Å². The molecule has 0 N–H and O–H groups in total. The molecule has 1 unspecified atom stereocenters. The number of halogens is 1. The van der Waals surface area contributed by atoms with E-state index in [1.54, 1.807) is 0 Å². The van der Waals surface area contributed by atoms with Crippen LogP contribution in [0.15, 0.2) is 24.3 Å². The minimum atomic E-state index is 0.187. The van der Waals surface area contributed by atoms with Crippen LogP contribution in [0.4, 0.5) is 0 Å². The number of rotatable bonds is 6. The lowest BCUT2D eigenvalue weighted by Gasteiger charge is -2.28. The lowest BCUT2D eigenvalue weighted by atomic mass is 10.2. The van der Waals surface area contributed by atoms with Crippen LogP contribution in [-0.4, -0.2) is 24.2 Å². The number of ether oxygens (including phenoxy) is 1. The molecule has 2 nitrogen and oxygen atoms in total. The van der Waals surface area contributed by atoms with Crippen molar-refractivity contribution in [1.82, 2.24) is 4.90 Å². The fraction of sp³-hybridized carbons (Fsp3) is 0.600. The molecule has 18 heavy (non-hydrogen) atoms. The van der Waals surface area contributed by atoms with Gasteiger partial charge in [0, 0.05) is 13.1 Å². The van der Waals surface area contributed by atoms with Gasteiger partial charge < -0.3 is 4.74 Å². The Labute approximate surface area is 115 Å². The molecule has 0 aliphatic carbocycles. The van der Waals surface area contributed by atoms with Crippen molar-refractivity contribution in [3.8, 4) is 5.75 Å². The van der Waals surface area contributed by atoms with Crippen LogP contribution < -0.4 is 4.74 Å². The average Bonchev–Trinajstić information content (AvgIpc) is 2.90. The van der Waals surface area contributed by atoms with Crippen molar-refractivity contribution >= 4 is 11.6 Å². The molecule has 0 bridgehead atoms. The van der Waals surface area contributed by atoms with Crippen molar-refractivity contribution in [2.24, 2.45) is 0 Å². The van der Waals surface area contributed by atoms with Gasteiger partial charge in [0.25, 0.3) is 0 Å². The van der Waals surface area contributed by atoms with Crippen LogP contribution >= 0.6 is 11.6 Å². The first-order valence-electron chi connectivity index (χ1n) is 6.96. The van der Waals surface area contributed by atoms with E-state index in [0.29, 0.717) is 5.02 Å². The zero-order valence-corrected chi connectivity index (χ0v) is 11.8. The molecular formula is C15H22ClNO. The predicted octanol–water partition coefficient (Wildman–Crippen LogP) is 4.33. The number of nitrogens with zero attached hydrogens (tertiary/aromatic N) is 1. The van der Waals surface area contributed by atoms with Gasteiger partial charge in [0.05, 0.1) is 5.02 Å². The van der Waals surface area contributed by atoms with Gasteiger partial charge in [-0.3, -0.25) is 4.90 Å². The lowest BCUT2D eigenvalue weighted by molar-refractivity contribution is 0.0346. The molecule has 1 aromatic rings. The van der Waals surface area contributed by atoms with Gasteiger partial charge in [0.1, 0.15) is 5.75 Å². The molecule has 3 heteroatoms. The van der Waals surface area contributed by atoms with Crippen molar-refractivity contribution in [1.29, 1.82) is 0 Å². The third-order valence-electron chi connectivity index (χ3n) is 3.45. The number of unbranched alkanes of at least 4 members (excludes halogenated alkanes) is 1. The second kappa shape index (κ2) is 7.01. The van der Waals surface area contributed by atoms with Crippen molar-refractivity contribution in [2.45, 2.75) is 45.3 Å². The molecule has 0 amide bonds. The lowest BCUT2D eigenvalue weighted by Crippen LogP contribution is -2.37. The summed E-state index contributed by atoms with van der Waals surface area (Å²) in [6.07, 6.45) is 6.25. The first kappa shape index (κ1) is 13.7. The fourth-order valence-corrected chi connectivity index (χ4v) is 2.59. The highest BCUT2D eigenvalue weighted by atomic mass is 35.5. The highest BCUT2D eigenvalue weighted by molar-refractivity contribution is 6.32. The second-order valence-electron chi connectivity index (χ2n) is 4.89. The quantitative estimate of drug-likeness (QED) is 0.761. The molecule has 1 aliphatic heterocycles. The predicted molar refractivity (Wildman–Crippen MR) is 76.2 cm³/mol. The van der Waals surface area contributed by atoms with Crippen molar-refractivity contribution < 1.29 is 4.74 Å². The van der Waals surface area contributed by atoms with Gasteiger partial charge in [-0.15, -0.1) is 0 Å². The number of benzene rings is 1. The first-order valence-corrected chi connectivity index (χ1v) is 7.34. The summed E-state index contributed by atoms with van der Waals surface area (Å²) >= 11 is 6.17. The van der Waals surface area contributed by atoms with E-state index in [-0.39, 0.29) is 6.23 Å². The molecule has 0 radical (unpaired) electrons. The number of hydrogen-bond acceptors (Lipinski definition) is 2. The summed E-state index contributed by atoms with van der Waals surface area (Å²) in [7, 11) is 0. The van der Waals surface area contributed by atoms with E-state index in [1.807, 2.05) is 24.3 Å². The molecule has 1 aliphatic rings. The molecular weight excluding hydrogens is 246 g/mol.